The highest BCUT2D eigenvalue weighted by Gasteiger charge is 2.32. The van der Waals surface area contributed by atoms with Crippen LogP contribution in [-0.2, 0) is 4.79 Å². The van der Waals surface area contributed by atoms with Gasteiger partial charge in [0.2, 0.25) is 0 Å². The lowest BCUT2D eigenvalue weighted by Crippen LogP contribution is -2.26. The summed E-state index contributed by atoms with van der Waals surface area (Å²) in [5.41, 5.74) is 0. The van der Waals surface area contributed by atoms with Crippen LogP contribution in [0.4, 0.5) is 0 Å². The molecule has 0 N–H and O–H groups in total. The van der Waals surface area contributed by atoms with E-state index < -0.39 is 0 Å². The molecule has 2 atom stereocenters. The molecule has 2 saturated carbocycles. The molecule has 2 aliphatic rings. The first-order valence-electron chi connectivity index (χ1n) is 4.91. The summed E-state index contributed by atoms with van der Waals surface area (Å²) in [4.78, 5) is 11.6. The van der Waals surface area contributed by atoms with Gasteiger partial charge in [-0.05, 0) is 25.7 Å². The summed E-state index contributed by atoms with van der Waals surface area (Å²) >= 11 is 0. The highest BCUT2D eigenvalue weighted by Crippen LogP contribution is 2.35. The second kappa shape index (κ2) is 2.96. The zero-order valence-electron chi connectivity index (χ0n) is 7.01. The third-order valence-electron chi connectivity index (χ3n) is 3.27. The highest BCUT2D eigenvalue weighted by atomic mass is 16.1. The monoisotopic (exact) mass is 152 g/mol. The normalized spacial score (nSPS) is 38.4. The first-order chi connectivity index (χ1) is 5.38. The van der Waals surface area contributed by atoms with Gasteiger partial charge in [0.1, 0.15) is 5.78 Å². The third-order valence-corrected chi connectivity index (χ3v) is 3.27. The molecule has 2 aliphatic carbocycles. The van der Waals surface area contributed by atoms with Crippen molar-refractivity contribution in [2.45, 2.75) is 44.9 Å². The minimum atomic E-state index is 0.469. The first kappa shape index (κ1) is 7.33. The fourth-order valence-electron chi connectivity index (χ4n) is 2.58. The third kappa shape index (κ3) is 1.33. The van der Waals surface area contributed by atoms with Crippen LogP contribution >= 0.6 is 0 Å². The summed E-state index contributed by atoms with van der Waals surface area (Å²) in [5.74, 6) is 1.54. The molecule has 1 nitrogen and oxygen atoms in total. The van der Waals surface area contributed by atoms with Crippen LogP contribution in [0.1, 0.15) is 44.9 Å². The Hall–Kier alpha value is -0.330. The van der Waals surface area contributed by atoms with Crippen molar-refractivity contribution in [1.82, 2.24) is 0 Å². The smallest absolute Gasteiger partial charge is 0.139 e. The fraction of sp³-hybridized carbons (Fsp3) is 0.900. The molecule has 0 heterocycles. The Morgan fingerprint density at radius 2 is 1.27 bits per heavy atom. The Kier molecular flexibility index (Phi) is 1.97. The number of rotatable bonds is 0. The van der Waals surface area contributed by atoms with E-state index in [1.165, 1.54) is 44.9 Å². The average Bonchev–Trinajstić information content (AvgIpc) is 2.17. The Balaban J connectivity index is 2.12. The van der Waals surface area contributed by atoms with Gasteiger partial charge in [0, 0.05) is 11.8 Å². The molecule has 0 aromatic carbocycles. The van der Waals surface area contributed by atoms with E-state index in [0.29, 0.717) is 17.6 Å². The lowest BCUT2D eigenvalue weighted by atomic mass is 9.79. The summed E-state index contributed by atoms with van der Waals surface area (Å²) in [5, 5.41) is 0. The molecule has 0 aromatic rings. The number of carbonyl (C=O) groups excluding carboxylic acids is 1. The molecule has 0 aromatic heterocycles. The van der Waals surface area contributed by atoms with Crippen LogP contribution in [0.2, 0.25) is 0 Å². The van der Waals surface area contributed by atoms with Gasteiger partial charge in [-0.3, -0.25) is 4.79 Å². The van der Waals surface area contributed by atoms with Crippen LogP contribution in [0.15, 0.2) is 0 Å². The van der Waals surface area contributed by atoms with E-state index in [1.54, 1.807) is 0 Å². The van der Waals surface area contributed by atoms with Gasteiger partial charge in [-0.2, -0.15) is 0 Å². The summed E-state index contributed by atoms with van der Waals surface area (Å²) in [6.45, 7) is 0. The molecule has 11 heavy (non-hydrogen) atoms. The van der Waals surface area contributed by atoms with Crippen LogP contribution < -0.4 is 0 Å². The maximum Gasteiger partial charge on any atom is 0.139 e. The summed E-state index contributed by atoms with van der Waals surface area (Å²) in [7, 11) is 0. The minimum Gasteiger partial charge on any atom is -0.299 e. The maximum absolute atomic E-state index is 11.6. The number of ketones is 1. The van der Waals surface area contributed by atoms with Crippen molar-refractivity contribution in [2.75, 3.05) is 0 Å². The van der Waals surface area contributed by atoms with E-state index in [0.717, 1.165) is 0 Å². The number of hydrogen-bond acceptors (Lipinski definition) is 1. The molecule has 0 radical (unpaired) electrons. The Labute approximate surface area is 68.2 Å². The Bertz CT molecular complexity index is 146. The number of hydrogen-bond donors (Lipinski definition) is 0. The molecule has 2 rings (SSSR count). The van der Waals surface area contributed by atoms with Gasteiger partial charge < -0.3 is 0 Å². The predicted molar refractivity (Wildman–Crippen MR) is 44.3 cm³/mol. The van der Waals surface area contributed by atoms with Crippen molar-refractivity contribution >= 4 is 5.78 Å². The maximum atomic E-state index is 11.6. The van der Waals surface area contributed by atoms with Crippen LogP contribution in [0.3, 0.4) is 0 Å². The second-order valence-corrected chi connectivity index (χ2v) is 4.01. The summed E-state index contributed by atoms with van der Waals surface area (Å²) < 4.78 is 0. The van der Waals surface area contributed by atoms with E-state index in [2.05, 4.69) is 0 Å². The largest absolute Gasteiger partial charge is 0.299 e. The molecule has 2 bridgehead atoms. The number of carbonyl (C=O) groups is 1. The van der Waals surface area contributed by atoms with Crippen LogP contribution in [0.25, 0.3) is 0 Å². The van der Waals surface area contributed by atoms with Gasteiger partial charge >= 0.3 is 0 Å². The highest BCUT2D eigenvalue weighted by molar-refractivity contribution is 5.84. The first-order valence-corrected chi connectivity index (χ1v) is 4.91. The van der Waals surface area contributed by atoms with Crippen molar-refractivity contribution < 1.29 is 4.79 Å². The van der Waals surface area contributed by atoms with E-state index in [1.807, 2.05) is 0 Å². The summed E-state index contributed by atoms with van der Waals surface area (Å²) in [6, 6.07) is 0. The van der Waals surface area contributed by atoms with Crippen molar-refractivity contribution in [1.29, 1.82) is 0 Å². The molecule has 0 amide bonds. The van der Waals surface area contributed by atoms with Crippen molar-refractivity contribution in [2.24, 2.45) is 11.8 Å². The van der Waals surface area contributed by atoms with Gasteiger partial charge in [-0.1, -0.05) is 19.3 Å². The SMILES string of the molecule is O=C1[C@@H]2CCCC[C@@H]1CCC2. The Morgan fingerprint density at radius 1 is 0.818 bits per heavy atom. The molecule has 0 aliphatic heterocycles. The van der Waals surface area contributed by atoms with Gasteiger partial charge in [0.25, 0.3) is 0 Å². The molecule has 1 heteroatoms. The van der Waals surface area contributed by atoms with Gasteiger partial charge in [0.15, 0.2) is 0 Å². The molecular weight excluding hydrogens is 136 g/mol. The van der Waals surface area contributed by atoms with Crippen molar-refractivity contribution in [3.63, 3.8) is 0 Å². The second-order valence-electron chi connectivity index (χ2n) is 4.01. The molecule has 0 saturated heterocycles. The quantitative estimate of drug-likeness (QED) is 0.521. The van der Waals surface area contributed by atoms with E-state index in [-0.39, 0.29) is 0 Å². The minimum absolute atomic E-state index is 0.469. The molecule has 2 fully saturated rings. The number of Topliss-reactive ketones (excluding diaryl/α,β-unsaturated/α-hetero) is 1. The summed E-state index contributed by atoms with van der Waals surface area (Å²) in [6.07, 6.45) is 8.66. The Morgan fingerprint density at radius 3 is 1.82 bits per heavy atom. The molecular formula is C10H16O. The lowest BCUT2D eigenvalue weighted by molar-refractivity contribution is -0.128. The molecule has 62 valence electrons. The van der Waals surface area contributed by atoms with E-state index >= 15 is 0 Å². The number of fused-ring (bicyclic) bond motifs is 2. The van der Waals surface area contributed by atoms with Crippen LogP contribution in [-0.4, -0.2) is 5.78 Å². The fourth-order valence-corrected chi connectivity index (χ4v) is 2.58. The van der Waals surface area contributed by atoms with Crippen molar-refractivity contribution in [3.05, 3.63) is 0 Å². The average molecular weight is 152 g/mol. The van der Waals surface area contributed by atoms with Crippen molar-refractivity contribution in [3.8, 4) is 0 Å². The standard InChI is InChI=1S/C10H16O/c11-10-8-4-1-2-5-9(10)7-3-6-8/h8-9H,1-7H2/t8-,9-/m1/s1. The van der Waals surface area contributed by atoms with Crippen LogP contribution in [0.5, 0.6) is 0 Å². The topological polar surface area (TPSA) is 17.1 Å². The molecule has 0 spiro atoms. The van der Waals surface area contributed by atoms with Gasteiger partial charge in [-0.25, -0.2) is 0 Å². The van der Waals surface area contributed by atoms with Gasteiger partial charge in [0.05, 0.1) is 0 Å². The zero-order chi connectivity index (χ0) is 7.68. The predicted octanol–water partition coefficient (Wildman–Crippen LogP) is 2.55. The lowest BCUT2D eigenvalue weighted by Gasteiger charge is -2.24. The van der Waals surface area contributed by atoms with E-state index in [4.69, 9.17) is 0 Å². The molecule has 0 unspecified atom stereocenters. The van der Waals surface area contributed by atoms with Crippen LogP contribution in [0, 0.1) is 11.8 Å². The van der Waals surface area contributed by atoms with E-state index in [9.17, 15) is 4.79 Å². The van der Waals surface area contributed by atoms with Gasteiger partial charge in [-0.15, -0.1) is 0 Å². The zero-order valence-corrected chi connectivity index (χ0v) is 7.01.